The molecular formula is C31H29N3O6S. The number of carbonyl (C=O) groups is 1. The summed E-state index contributed by atoms with van der Waals surface area (Å²) in [7, 11) is 6.18. The van der Waals surface area contributed by atoms with Gasteiger partial charge in [-0.3, -0.25) is 14.2 Å². The van der Waals surface area contributed by atoms with Crippen molar-refractivity contribution in [1.29, 1.82) is 0 Å². The van der Waals surface area contributed by atoms with E-state index in [0.29, 0.717) is 54.9 Å². The number of hydrogen-bond acceptors (Lipinski definition) is 8. The Balaban J connectivity index is 1.69. The number of rotatable bonds is 8. The van der Waals surface area contributed by atoms with E-state index in [0.717, 1.165) is 5.56 Å². The minimum Gasteiger partial charge on any atom is -0.497 e. The largest absolute Gasteiger partial charge is 0.497 e. The molecule has 4 aromatic rings. The molecule has 0 bridgehead atoms. The second-order valence-corrected chi connectivity index (χ2v) is 10.1. The van der Waals surface area contributed by atoms with Crippen molar-refractivity contribution in [2.24, 2.45) is 4.99 Å². The predicted octanol–water partition coefficient (Wildman–Crippen LogP) is 3.91. The smallest absolute Gasteiger partial charge is 0.271 e. The summed E-state index contributed by atoms with van der Waals surface area (Å²) in [6.45, 7) is 1.78. The molecule has 9 nitrogen and oxygen atoms in total. The predicted molar refractivity (Wildman–Crippen MR) is 158 cm³/mol. The second-order valence-electron chi connectivity index (χ2n) is 9.14. The molecular weight excluding hydrogens is 542 g/mol. The van der Waals surface area contributed by atoms with Crippen LogP contribution in [-0.2, 0) is 4.79 Å². The number of aromatic nitrogens is 1. The van der Waals surface area contributed by atoms with E-state index in [1.807, 2.05) is 42.5 Å². The lowest BCUT2D eigenvalue weighted by atomic mass is 9.95. The van der Waals surface area contributed by atoms with Gasteiger partial charge in [-0.2, -0.15) is 0 Å². The Bertz CT molecular complexity index is 1800. The number of amides is 1. The van der Waals surface area contributed by atoms with Crippen LogP contribution in [0.2, 0.25) is 0 Å². The van der Waals surface area contributed by atoms with E-state index in [1.54, 1.807) is 48.9 Å². The fraction of sp³-hybridized carbons (Fsp3) is 0.194. The van der Waals surface area contributed by atoms with Gasteiger partial charge in [0.05, 0.1) is 50.3 Å². The molecule has 0 saturated carbocycles. The van der Waals surface area contributed by atoms with E-state index in [-0.39, 0.29) is 11.5 Å². The Hall–Kier alpha value is -4.83. The first-order valence-corrected chi connectivity index (χ1v) is 13.5. The van der Waals surface area contributed by atoms with Gasteiger partial charge >= 0.3 is 0 Å². The van der Waals surface area contributed by atoms with Crippen molar-refractivity contribution in [2.75, 3.05) is 33.8 Å². The summed E-state index contributed by atoms with van der Waals surface area (Å²) in [6, 6.07) is 19.3. The first-order chi connectivity index (χ1) is 19.9. The maximum Gasteiger partial charge on any atom is 0.271 e. The maximum atomic E-state index is 14.0. The van der Waals surface area contributed by atoms with Crippen molar-refractivity contribution in [3.05, 3.63) is 109 Å². The summed E-state index contributed by atoms with van der Waals surface area (Å²) in [5.41, 5.74) is 2.65. The monoisotopic (exact) mass is 571 g/mol. The summed E-state index contributed by atoms with van der Waals surface area (Å²) in [5, 5.41) is 2.96. The molecule has 1 aliphatic heterocycles. The Labute approximate surface area is 240 Å². The summed E-state index contributed by atoms with van der Waals surface area (Å²) >= 11 is 1.24. The molecule has 5 rings (SSSR count). The molecule has 210 valence electrons. The molecule has 1 aliphatic rings. The van der Waals surface area contributed by atoms with Gasteiger partial charge in [0.1, 0.15) is 5.75 Å². The number of hydrogen-bond donors (Lipinski definition) is 1. The van der Waals surface area contributed by atoms with Gasteiger partial charge in [-0.1, -0.05) is 41.7 Å². The minimum atomic E-state index is -0.729. The Morgan fingerprint density at radius 1 is 0.927 bits per heavy atom. The quantitative estimate of drug-likeness (QED) is 0.344. The highest BCUT2D eigenvalue weighted by molar-refractivity contribution is 7.07. The van der Waals surface area contributed by atoms with Crippen LogP contribution >= 0.6 is 11.3 Å². The highest BCUT2D eigenvalue weighted by Gasteiger charge is 2.32. The molecule has 2 heterocycles. The molecule has 0 unspecified atom stereocenters. The zero-order valence-corrected chi connectivity index (χ0v) is 24.1. The van der Waals surface area contributed by atoms with Gasteiger partial charge in [0.2, 0.25) is 5.75 Å². The summed E-state index contributed by atoms with van der Waals surface area (Å²) < 4.78 is 23.9. The molecule has 0 aliphatic carbocycles. The average molecular weight is 572 g/mol. The number of benzene rings is 3. The number of anilines is 1. The third-order valence-corrected chi connectivity index (χ3v) is 7.68. The van der Waals surface area contributed by atoms with Crippen molar-refractivity contribution in [1.82, 2.24) is 4.57 Å². The number of fused-ring (bicyclic) bond motifs is 1. The van der Waals surface area contributed by atoms with Crippen LogP contribution in [-0.4, -0.2) is 38.9 Å². The third-order valence-electron chi connectivity index (χ3n) is 6.69. The molecule has 1 atom stereocenters. The zero-order chi connectivity index (χ0) is 29.1. The molecule has 1 amide bonds. The standard InChI is InChI=1S/C31H29N3O6S/c1-18-26(29(35)33-21-11-7-6-8-12-21)27(20-10-9-13-22(17-20)37-2)34-30(36)25(41-31(34)32-18)16-19-14-23(38-3)28(40-5)24(15-19)39-4/h6-17,27H,1-5H3,(H,33,35)/b25-16-/t27-/m1/s1. The van der Waals surface area contributed by atoms with Crippen LogP contribution in [0.3, 0.4) is 0 Å². The van der Waals surface area contributed by atoms with E-state index in [4.69, 9.17) is 23.9 Å². The first kappa shape index (κ1) is 27.7. The molecule has 0 spiro atoms. The summed E-state index contributed by atoms with van der Waals surface area (Å²) in [5.74, 6) is 1.66. The molecule has 0 radical (unpaired) electrons. The van der Waals surface area contributed by atoms with Crippen LogP contribution < -0.4 is 39.2 Å². The van der Waals surface area contributed by atoms with E-state index < -0.39 is 6.04 Å². The van der Waals surface area contributed by atoms with E-state index in [9.17, 15) is 9.59 Å². The molecule has 1 aromatic heterocycles. The van der Waals surface area contributed by atoms with E-state index in [2.05, 4.69) is 5.32 Å². The van der Waals surface area contributed by atoms with Crippen LogP contribution in [0.4, 0.5) is 5.69 Å². The molecule has 0 fully saturated rings. The van der Waals surface area contributed by atoms with Gasteiger partial charge in [-0.25, -0.2) is 4.99 Å². The highest BCUT2D eigenvalue weighted by Crippen LogP contribution is 2.38. The Kier molecular flexibility index (Phi) is 7.93. The molecule has 0 saturated heterocycles. The van der Waals surface area contributed by atoms with Gasteiger partial charge in [0, 0.05) is 5.69 Å². The van der Waals surface area contributed by atoms with Crippen LogP contribution in [0.5, 0.6) is 23.0 Å². The van der Waals surface area contributed by atoms with Crippen LogP contribution in [0.1, 0.15) is 24.1 Å². The average Bonchev–Trinajstić information content (AvgIpc) is 3.29. The van der Waals surface area contributed by atoms with Crippen LogP contribution in [0.25, 0.3) is 6.08 Å². The van der Waals surface area contributed by atoms with Gasteiger partial charge in [0.15, 0.2) is 16.3 Å². The van der Waals surface area contributed by atoms with Gasteiger partial charge in [-0.15, -0.1) is 0 Å². The van der Waals surface area contributed by atoms with E-state index in [1.165, 1.54) is 32.7 Å². The third kappa shape index (κ3) is 5.33. The molecule has 1 N–H and O–H groups in total. The van der Waals surface area contributed by atoms with Crippen LogP contribution in [0.15, 0.2) is 87.8 Å². The van der Waals surface area contributed by atoms with Crippen molar-refractivity contribution in [3.63, 3.8) is 0 Å². The Morgan fingerprint density at radius 3 is 2.27 bits per heavy atom. The summed E-state index contributed by atoms with van der Waals surface area (Å²) in [4.78, 5) is 32.9. The number of ether oxygens (including phenoxy) is 4. The van der Waals surface area contributed by atoms with Crippen molar-refractivity contribution >= 4 is 29.0 Å². The van der Waals surface area contributed by atoms with Gasteiger partial charge in [-0.05, 0) is 60.5 Å². The Morgan fingerprint density at radius 2 is 1.63 bits per heavy atom. The number of thiazole rings is 1. The van der Waals surface area contributed by atoms with Gasteiger partial charge < -0.3 is 24.3 Å². The number of nitrogens with one attached hydrogen (secondary N) is 1. The molecule has 3 aromatic carbocycles. The number of methoxy groups -OCH3 is 4. The minimum absolute atomic E-state index is 0.284. The van der Waals surface area contributed by atoms with Crippen molar-refractivity contribution in [2.45, 2.75) is 13.0 Å². The van der Waals surface area contributed by atoms with Crippen LogP contribution in [0, 0.1) is 0 Å². The normalized spacial score (nSPS) is 14.7. The fourth-order valence-electron chi connectivity index (χ4n) is 4.79. The lowest BCUT2D eigenvalue weighted by Crippen LogP contribution is -2.40. The fourth-order valence-corrected chi connectivity index (χ4v) is 5.84. The lowest BCUT2D eigenvalue weighted by molar-refractivity contribution is -0.113. The molecule has 10 heteroatoms. The van der Waals surface area contributed by atoms with Crippen molar-refractivity contribution in [3.8, 4) is 23.0 Å². The maximum absolute atomic E-state index is 14.0. The number of para-hydroxylation sites is 1. The number of allylic oxidation sites excluding steroid dienone is 1. The number of nitrogens with zero attached hydrogens (tertiary/aromatic N) is 2. The topological polar surface area (TPSA) is 100 Å². The zero-order valence-electron chi connectivity index (χ0n) is 23.3. The highest BCUT2D eigenvalue weighted by atomic mass is 32.1. The number of carbonyl (C=O) groups excluding carboxylic acids is 1. The van der Waals surface area contributed by atoms with Crippen molar-refractivity contribution < 1.29 is 23.7 Å². The summed E-state index contributed by atoms with van der Waals surface area (Å²) in [6.07, 6.45) is 1.75. The van der Waals surface area contributed by atoms with E-state index >= 15 is 0 Å². The molecule has 41 heavy (non-hydrogen) atoms. The van der Waals surface area contributed by atoms with Gasteiger partial charge in [0.25, 0.3) is 11.5 Å². The lowest BCUT2D eigenvalue weighted by Gasteiger charge is -2.25. The first-order valence-electron chi connectivity index (χ1n) is 12.7. The second kappa shape index (κ2) is 11.7. The SMILES string of the molecule is COc1cccc([C@@H]2C(C(=O)Nc3ccccc3)=C(C)N=c3s/c(=C\c4cc(OC)c(OC)c(OC)c4)c(=O)n32)c1.